The molecule has 1 atom stereocenters. The second-order valence-corrected chi connectivity index (χ2v) is 6.68. The number of rotatable bonds is 2. The number of thiol groups is 2. The fourth-order valence-electron chi connectivity index (χ4n) is 2.19. The van der Waals surface area contributed by atoms with Gasteiger partial charge in [-0.25, -0.2) is 0 Å². The highest BCUT2D eigenvalue weighted by atomic mass is 32.2. The molecule has 2 aromatic carbocycles. The molecule has 0 aromatic heterocycles. The molecule has 1 heterocycles. The fourth-order valence-corrected chi connectivity index (χ4v) is 4.17. The highest BCUT2D eigenvalue weighted by Gasteiger charge is 2.18. The lowest BCUT2D eigenvalue weighted by Crippen LogP contribution is -1.96. The third-order valence-corrected chi connectivity index (χ3v) is 5.27. The first-order valence-electron chi connectivity index (χ1n) is 6.37. The second kappa shape index (κ2) is 6.17. The Kier molecular flexibility index (Phi) is 4.29. The summed E-state index contributed by atoms with van der Waals surface area (Å²) >= 11 is 11.0. The van der Waals surface area contributed by atoms with E-state index in [0.717, 1.165) is 9.79 Å². The van der Waals surface area contributed by atoms with Crippen LogP contribution in [0.3, 0.4) is 0 Å². The number of hydrogen-bond acceptors (Lipinski definition) is 3. The first-order valence-corrected chi connectivity index (χ1v) is 8.14. The van der Waals surface area contributed by atoms with Crippen molar-refractivity contribution in [3.63, 3.8) is 0 Å². The quantitative estimate of drug-likeness (QED) is 0.675. The lowest BCUT2D eigenvalue weighted by molar-refractivity contribution is 1.15. The third kappa shape index (κ3) is 2.85. The van der Waals surface area contributed by atoms with Gasteiger partial charge in [0.1, 0.15) is 0 Å². The van der Waals surface area contributed by atoms with Crippen LogP contribution < -0.4 is 0 Å². The smallest absolute Gasteiger partial charge is 0.0538 e. The molecule has 100 valence electrons. The van der Waals surface area contributed by atoms with Gasteiger partial charge in [-0.1, -0.05) is 48.6 Å². The van der Waals surface area contributed by atoms with Crippen LogP contribution in [-0.2, 0) is 0 Å². The molecular weight excluding hydrogens is 300 g/mol. The van der Waals surface area contributed by atoms with Gasteiger partial charge in [-0.2, -0.15) is 0 Å². The minimum absolute atomic E-state index is 0.302. The monoisotopic (exact) mass is 314 g/mol. The molecular formula is C17H14S3. The van der Waals surface area contributed by atoms with Gasteiger partial charge in [-0.05, 0) is 23.8 Å². The zero-order valence-electron chi connectivity index (χ0n) is 10.7. The Bertz CT molecular complexity index is 686. The van der Waals surface area contributed by atoms with Crippen LogP contribution in [0.4, 0.5) is 0 Å². The second-order valence-electron chi connectivity index (χ2n) is 4.53. The van der Waals surface area contributed by atoms with Crippen molar-refractivity contribution in [2.75, 3.05) is 0 Å². The van der Waals surface area contributed by atoms with E-state index >= 15 is 0 Å². The van der Waals surface area contributed by atoms with E-state index < -0.39 is 0 Å². The molecule has 1 aliphatic rings. The van der Waals surface area contributed by atoms with E-state index in [4.69, 9.17) is 0 Å². The Balaban J connectivity index is 1.92. The lowest BCUT2D eigenvalue weighted by Gasteiger charge is -2.20. The fraction of sp³-hybridized carbons (Fsp3) is 0.0588. The first kappa shape index (κ1) is 13.9. The SMILES string of the molecule is Sc1ccccc1C1=CC=CC(c2ccccc2S)S1. The van der Waals surface area contributed by atoms with E-state index in [1.54, 1.807) is 0 Å². The zero-order chi connectivity index (χ0) is 13.9. The molecule has 2 aromatic rings. The Morgan fingerprint density at radius 2 is 1.55 bits per heavy atom. The maximum Gasteiger partial charge on any atom is 0.0538 e. The van der Waals surface area contributed by atoms with Crippen LogP contribution >= 0.6 is 37.0 Å². The summed E-state index contributed by atoms with van der Waals surface area (Å²) < 4.78 is 0. The van der Waals surface area contributed by atoms with E-state index in [9.17, 15) is 0 Å². The number of allylic oxidation sites excluding steroid dienone is 2. The van der Waals surface area contributed by atoms with Crippen molar-refractivity contribution in [1.82, 2.24) is 0 Å². The molecule has 0 aliphatic carbocycles. The third-order valence-electron chi connectivity index (χ3n) is 3.20. The molecule has 0 fully saturated rings. The molecule has 0 radical (unpaired) electrons. The van der Waals surface area contributed by atoms with Crippen molar-refractivity contribution >= 4 is 41.9 Å². The van der Waals surface area contributed by atoms with Crippen molar-refractivity contribution in [2.24, 2.45) is 0 Å². The van der Waals surface area contributed by atoms with Gasteiger partial charge in [-0.3, -0.25) is 0 Å². The van der Waals surface area contributed by atoms with Crippen molar-refractivity contribution in [3.05, 3.63) is 77.9 Å². The minimum Gasteiger partial charge on any atom is -0.143 e. The van der Waals surface area contributed by atoms with Gasteiger partial charge in [0.2, 0.25) is 0 Å². The van der Waals surface area contributed by atoms with E-state index in [2.05, 4.69) is 67.8 Å². The molecule has 0 N–H and O–H groups in total. The van der Waals surface area contributed by atoms with Crippen molar-refractivity contribution < 1.29 is 0 Å². The summed E-state index contributed by atoms with van der Waals surface area (Å²) in [5, 5.41) is 0.302. The average Bonchev–Trinajstić information content (AvgIpc) is 2.48. The van der Waals surface area contributed by atoms with Gasteiger partial charge >= 0.3 is 0 Å². The van der Waals surface area contributed by atoms with E-state index in [0.29, 0.717) is 5.25 Å². The lowest BCUT2D eigenvalue weighted by atomic mass is 10.1. The van der Waals surface area contributed by atoms with Crippen molar-refractivity contribution in [1.29, 1.82) is 0 Å². The van der Waals surface area contributed by atoms with Gasteiger partial charge in [0.05, 0.1) is 5.25 Å². The summed E-state index contributed by atoms with van der Waals surface area (Å²) in [6.07, 6.45) is 6.48. The standard InChI is InChI=1S/C17H14S3/c18-14-8-3-1-6-12(14)16-10-5-11-17(20-16)13-7-2-4-9-15(13)19/h1-11,16,18-19H. The summed E-state index contributed by atoms with van der Waals surface area (Å²) in [5.74, 6) is 0. The maximum absolute atomic E-state index is 4.56. The maximum atomic E-state index is 4.56. The normalized spacial score (nSPS) is 17.9. The Hall–Kier alpha value is -1.03. The summed E-state index contributed by atoms with van der Waals surface area (Å²) in [5.41, 5.74) is 2.44. The predicted molar refractivity (Wildman–Crippen MR) is 94.8 cm³/mol. The Morgan fingerprint density at radius 3 is 2.30 bits per heavy atom. The highest BCUT2D eigenvalue weighted by Crippen LogP contribution is 2.45. The van der Waals surface area contributed by atoms with E-state index in [-0.39, 0.29) is 0 Å². The number of thioether (sulfide) groups is 1. The molecule has 1 aliphatic heterocycles. The van der Waals surface area contributed by atoms with Crippen LogP contribution in [0, 0.1) is 0 Å². The summed E-state index contributed by atoms with van der Waals surface area (Å²) in [4.78, 5) is 3.30. The van der Waals surface area contributed by atoms with Gasteiger partial charge in [0.15, 0.2) is 0 Å². The Morgan fingerprint density at radius 1 is 0.850 bits per heavy atom. The first-order chi connectivity index (χ1) is 9.75. The van der Waals surface area contributed by atoms with Crippen LogP contribution in [0.2, 0.25) is 0 Å². The van der Waals surface area contributed by atoms with Crippen LogP contribution in [0.25, 0.3) is 4.91 Å². The molecule has 0 saturated heterocycles. The van der Waals surface area contributed by atoms with Crippen LogP contribution in [0.5, 0.6) is 0 Å². The molecule has 3 heteroatoms. The highest BCUT2D eigenvalue weighted by molar-refractivity contribution is 8.08. The summed E-state index contributed by atoms with van der Waals surface area (Å²) in [6.45, 7) is 0. The molecule has 3 rings (SSSR count). The van der Waals surface area contributed by atoms with Crippen molar-refractivity contribution in [3.8, 4) is 0 Å². The number of hydrogen-bond donors (Lipinski definition) is 2. The predicted octanol–water partition coefficient (Wildman–Crippen LogP) is 5.65. The van der Waals surface area contributed by atoms with E-state index in [1.165, 1.54) is 16.0 Å². The Labute approximate surface area is 134 Å². The topological polar surface area (TPSA) is 0 Å². The van der Waals surface area contributed by atoms with Crippen LogP contribution in [-0.4, -0.2) is 0 Å². The average molecular weight is 314 g/mol. The molecule has 1 unspecified atom stereocenters. The molecule has 0 spiro atoms. The largest absolute Gasteiger partial charge is 0.143 e. The van der Waals surface area contributed by atoms with Gasteiger partial charge in [0, 0.05) is 20.3 Å². The molecule has 0 amide bonds. The van der Waals surface area contributed by atoms with Crippen LogP contribution in [0.15, 0.2) is 76.5 Å². The molecule has 0 saturated carbocycles. The van der Waals surface area contributed by atoms with Gasteiger partial charge in [-0.15, -0.1) is 37.0 Å². The number of benzene rings is 2. The summed E-state index contributed by atoms with van der Waals surface area (Å²) in [7, 11) is 0. The molecule has 0 bridgehead atoms. The zero-order valence-corrected chi connectivity index (χ0v) is 13.3. The van der Waals surface area contributed by atoms with Gasteiger partial charge < -0.3 is 0 Å². The van der Waals surface area contributed by atoms with Crippen LogP contribution in [0.1, 0.15) is 16.4 Å². The molecule has 0 nitrogen and oxygen atoms in total. The minimum atomic E-state index is 0.302. The molecule has 20 heavy (non-hydrogen) atoms. The summed E-state index contributed by atoms with van der Waals surface area (Å²) in [6, 6.07) is 16.5. The van der Waals surface area contributed by atoms with E-state index in [1.807, 2.05) is 36.0 Å². The van der Waals surface area contributed by atoms with Crippen molar-refractivity contribution in [2.45, 2.75) is 15.0 Å². The van der Waals surface area contributed by atoms with Gasteiger partial charge in [0.25, 0.3) is 0 Å².